The number of hydrogen-bond acceptors (Lipinski definition) is 6. The zero-order chi connectivity index (χ0) is 24.1. The number of halogens is 2. The molecule has 10 heteroatoms. The first kappa shape index (κ1) is 24.6. The van der Waals surface area contributed by atoms with Crippen molar-refractivity contribution < 1.29 is 23.9 Å². The number of thiophene rings is 1. The molecule has 0 unspecified atom stereocenters. The van der Waals surface area contributed by atoms with Gasteiger partial charge >= 0.3 is 5.97 Å². The van der Waals surface area contributed by atoms with E-state index in [4.69, 9.17) is 32.7 Å². The van der Waals surface area contributed by atoms with Gasteiger partial charge in [0, 0.05) is 5.56 Å². The number of hydrogen-bond donors (Lipinski definition) is 2. The Hall–Kier alpha value is -3.07. The van der Waals surface area contributed by atoms with Crippen molar-refractivity contribution in [1.29, 1.82) is 0 Å². The van der Waals surface area contributed by atoms with Crippen molar-refractivity contribution in [3.63, 3.8) is 0 Å². The lowest BCUT2D eigenvalue weighted by Gasteiger charge is -2.09. The molecule has 2 N–H and O–H groups in total. The predicted octanol–water partition coefficient (Wildman–Crippen LogP) is 6.05. The average Bonchev–Trinajstić information content (AvgIpc) is 3.11. The van der Waals surface area contributed by atoms with E-state index in [-0.39, 0.29) is 32.6 Å². The normalized spacial score (nSPS) is 10.5. The fourth-order valence-corrected chi connectivity index (χ4v) is 4.39. The summed E-state index contributed by atoms with van der Waals surface area (Å²) >= 11 is 12.9. The first-order chi connectivity index (χ1) is 15.8. The first-order valence-electron chi connectivity index (χ1n) is 9.78. The van der Waals surface area contributed by atoms with E-state index in [1.54, 1.807) is 38.1 Å². The summed E-state index contributed by atoms with van der Waals surface area (Å²) in [6, 6.07) is 11.4. The number of benzene rings is 2. The van der Waals surface area contributed by atoms with Crippen LogP contribution in [0.2, 0.25) is 10.0 Å². The summed E-state index contributed by atoms with van der Waals surface area (Å²) in [5.41, 5.74) is 1.21. The molecule has 0 aliphatic carbocycles. The van der Waals surface area contributed by atoms with Crippen molar-refractivity contribution in [2.75, 3.05) is 24.4 Å². The van der Waals surface area contributed by atoms with Gasteiger partial charge in [-0.2, -0.15) is 0 Å². The van der Waals surface area contributed by atoms with Crippen molar-refractivity contribution in [2.45, 2.75) is 13.8 Å². The Morgan fingerprint density at radius 3 is 2.39 bits per heavy atom. The molecule has 7 nitrogen and oxygen atoms in total. The van der Waals surface area contributed by atoms with Gasteiger partial charge in [-0.3, -0.25) is 9.59 Å². The molecular formula is C23H20Cl2N2O5S. The van der Waals surface area contributed by atoms with Crippen LogP contribution in [0.5, 0.6) is 5.75 Å². The Balaban J connectivity index is 1.96. The minimum atomic E-state index is -0.646. The number of ether oxygens (including phenoxy) is 2. The highest BCUT2D eigenvalue weighted by Gasteiger charge is 2.27. The van der Waals surface area contributed by atoms with Crippen LogP contribution in [0, 0.1) is 6.92 Å². The van der Waals surface area contributed by atoms with Gasteiger partial charge in [-0.1, -0.05) is 35.3 Å². The van der Waals surface area contributed by atoms with Gasteiger partial charge in [0.2, 0.25) is 0 Å². The number of esters is 1. The number of methoxy groups -OCH3 is 1. The largest absolute Gasteiger partial charge is 0.495 e. The van der Waals surface area contributed by atoms with Crippen LogP contribution >= 0.6 is 34.5 Å². The SMILES string of the molecule is CCOC(=O)c1c(NC(=O)c2ccc(Cl)c(Cl)c2)sc(C(=O)Nc2ccccc2OC)c1C. The molecule has 0 radical (unpaired) electrons. The average molecular weight is 507 g/mol. The van der Waals surface area contributed by atoms with Gasteiger partial charge in [0.05, 0.1) is 39.9 Å². The Bertz CT molecular complexity index is 1230. The summed E-state index contributed by atoms with van der Waals surface area (Å²) in [7, 11) is 1.50. The van der Waals surface area contributed by atoms with Gasteiger partial charge in [0.25, 0.3) is 11.8 Å². The van der Waals surface area contributed by atoms with E-state index in [0.717, 1.165) is 11.3 Å². The molecular weight excluding hydrogens is 487 g/mol. The minimum Gasteiger partial charge on any atom is -0.495 e. The molecule has 2 aromatic carbocycles. The number of para-hydroxylation sites is 2. The smallest absolute Gasteiger partial charge is 0.341 e. The molecule has 0 bridgehead atoms. The summed E-state index contributed by atoms with van der Waals surface area (Å²) in [6.45, 7) is 3.43. The van der Waals surface area contributed by atoms with E-state index < -0.39 is 17.8 Å². The second-order valence-corrected chi connectivity index (χ2v) is 8.55. The van der Waals surface area contributed by atoms with E-state index >= 15 is 0 Å². The van der Waals surface area contributed by atoms with Crippen LogP contribution < -0.4 is 15.4 Å². The van der Waals surface area contributed by atoms with Crippen LogP contribution in [0.15, 0.2) is 42.5 Å². The maximum atomic E-state index is 13.0. The monoisotopic (exact) mass is 506 g/mol. The van der Waals surface area contributed by atoms with Gasteiger partial charge in [-0.15, -0.1) is 11.3 Å². The van der Waals surface area contributed by atoms with Gasteiger partial charge < -0.3 is 20.1 Å². The van der Waals surface area contributed by atoms with Crippen LogP contribution in [-0.4, -0.2) is 31.5 Å². The third-order valence-corrected chi connectivity index (χ3v) is 6.54. The number of rotatable bonds is 7. The van der Waals surface area contributed by atoms with E-state index in [1.807, 2.05) is 0 Å². The van der Waals surface area contributed by atoms with Crippen molar-refractivity contribution in [2.24, 2.45) is 0 Å². The number of amides is 2. The molecule has 0 spiro atoms. The van der Waals surface area contributed by atoms with Crippen LogP contribution in [0.1, 0.15) is 42.9 Å². The lowest BCUT2D eigenvalue weighted by Crippen LogP contribution is -2.15. The second kappa shape index (κ2) is 10.7. The van der Waals surface area contributed by atoms with Crippen LogP contribution in [0.4, 0.5) is 10.7 Å². The molecule has 3 rings (SSSR count). The fourth-order valence-electron chi connectivity index (χ4n) is 3.01. The van der Waals surface area contributed by atoms with Crippen molar-refractivity contribution in [1.82, 2.24) is 0 Å². The molecule has 1 heterocycles. The van der Waals surface area contributed by atoms with Crippen LogP contribution in [0.25, 0.3) is 0 Å². The van der Waals surface area contributed by atoms with E-state index in [9.17, 15) is 14.4 Å². The molecule has 33 heavy (non-hydrogen) atoms. The molecule has 172 valence electrons. The Kier molecular flexibility index (Phi) is 7.97. The third kappa shape index (κ3) is 5.47. The van der Waals surface area contributed by atoms with E-state index in [2.05, 4.69) is 10.6 Å². The maximum absolute atomic E-state index is 13.0. The Morgan fingerprint density at radius 1 is 1.00 bits per heavy atom. The highest BCUT2D eigenvalue weighted by molar-refractivity contribution is 7.19. The van der Waals surface area contributed by atoms with Crippen LogP contribution in [-0.2, 0) is 4.74 Å². The van der Waals surface area contributed by atoms with Gasteiger partial charge in [0.15, 0.2) is 0 Å². The lowest BCUT2D eigenvalue weighted by atomic mass is 10.1. The summed E-state index contributed by atoms with van der Waals surface area (Å²) in [4.78, 5) is 38.7. The number of nitrogens with one attached hydrogen (secondary N) is 2. The zero-order valence-electron chi connectivity index (χ0n) is 18.0. The molecule has 0 aliphatic heterocycles. The molecule has 0 fully saturated rings. The quantitative estimate of drug-likeness (QED) is 0.380. The summed E-state index contributed by atoms with van der Waals surface area (Å²) in [6.07, 6.45) is 0. The van der Waals surface area contributed by atoms with Crippen LogP contribution in [0.3, 0.4) is 0 Å². The predicted molar refractivity (Wildman–Crippen MR) is 130 cm³/mol. The second-order valence-electron chi connectivity index (χ2n) is 6.72. The fraction of sp³-hybridized carbons (Fsp3) is 0.174. The number of carbonyl (C=O) groups is 3. The highest BCUT2D eigenvalue weighted by Crippen LogP contribution is 2.35. The maximum Gasteiger partial charge on any atom is 0.341 e. The van der Waals surface area contributed by atoms with Crippen molar-refractivity contribution in [3.05, 3.63) is 74.1 Å². The third-order valence-electron chi connectivity index (χ3n) is 4.60. The summed E-state index contributed by atoms with van der Waals surface area (Å²) in [5.74, 6) is -1.13. The molecule has 0 saturated carbocycles. The summed E-state index contributed by atoms with van der Waals surface area (Å²) < 4.78 is 10.4. The van der Waals surface area contributed by atoms with E-state index in [1.165, 1.54) is 25.3 Å². The highest BCUT2D eigenvalue weighted by atomic mass is 35.5. The van der Waals surface area contributed by atoms with Gasteiger partial charge in [-0.05, 0) is 49.7 Å². The Morgan fingerprint density at radius 2 is 1.73 bits per heavy atom. The van der Waals surface area contributed by atoms with Crippen molar-refractivity contribution >= 4 is 63.0 Å². The van der Waals surface area contributed by atoms with Crippen molar-refractivity contribution in [3.8, 4) is 5.75 Å². The molecule has 0 atom stereocenters. The van der Waals surface area contributed by atoms with Gasteiger partial charge in [0.1, 0.15) is 10.8 Å². The molecule has 0 saturated heterocycles. The lowest BCUT2D eigenvalue weighted by molar-refractivity contribution is 0.0527. The number of carbonyl (C=O) groups excluding carboxylic acids is 3. The topological polar surface area (TPSA) is 93.7 Å². The molecule has 2 amide bonds. The Labute approximate surface area is 204 Å². The summed E-state index contributed by atoms with van der Waals surface area (Å²) in [5, 5.41) is 6.18. The minimum absolute atomic E-state index is 0.112. The number of anilines is 2. The molecule has 0 aliphatic rings. The van der Waals surface area contributed by atoms with Gasteiger partial charge in [-0.25, -0.2) is 4.79 Å². The standard InChI is InChI=1S/C23H20Cl2N2O5S/c1-4-32-23(30)18-12(2)19(21(29)26-16-7-5-6-8-17(16)31-3)33-22(18)27-20(28)13-9-10-14(24)15(25)11-13/h5-11H,4H2,1-3H3,(H,26,29)(H,27,28). The van der Waals surface area contributed by atoms with E-state index in [0.29, 0.717) is 22.0 Å². The molecule has 1 aromatic heterocycles. The molecule has 3 aromatic rings. The first-order valence-corrected chi connectivity index (χ1v) is 11.3. The zero-order valence-corrected chi connectivity index (χ0v) is 20.3.